The second-order valence-corrected chi connectivity index (χ2v) is 5.97. The van der Waals surface area contributed by atoms with Gasteiger partial charge in [-0.2, -0.15) is 0 Å². The van der Waals surface area contributed by atoms with Crippen LogP contribution in [0.3, 0.4) is 0 Å². The van der Waals surface area contributed by atoms with Gasteiger partial charge in [0, 0.05) is 19.8 Å². The number of carbonyl (C=O) groups excluding carboxylic acids is 1. The Morgan fingerprint density at radius 3 is 2.75 bits per heavy atom. The standard InChI is InChI=1S/C16H19ClFNO5/c17-13-7-11(18)1-2-14(13)24-9-15(20)19-8-12(16(21)22)10-3-5-23-6-4-10/h1-2,7,10,12H,3-6,8-9H2,(H,19,20)(H,21,22). The molecule has 1 aromatic rings. The molecule has 1 atom stereocenters. The maximum Gasteiger partial charge on any atom is 0.308 e. The van der Waals surface area contributed by atoms with Crippen LogP contribution in [0, 0.1) is 17.7 Å². The van der Waals surface area contributed by atoms with Crippen molar-refractivity contribution >= 4 is 23.5 Å². The largest absolute Gasteiger partial charge is 0.482 e. The lowest BCUT2D eigenvalue weighted by molar-refractivity contribution is -0.145. The number of carboxylic acids is 1. The Labute approximate surface area is 143 Å². The van der Waals surface area contributed by atoms with E-state index in [2.05, 4.69) is 5.32 Å². The highest BCUT2D eigenvalue weighted by Crippen LogP contribution is 2.25. The van der Waals surface area contributed by atoms with Gasteiger partial charge in [-0.15, -0.1) is 0 Å². The molecule has 1 aliphatic rings. The van der Waals surface area contributed by atoms with Crippen LogP contribution in [0.15, 0.2) is 18.2 Å². The van der Waals surface area contributed by atoms with E-state index in [1.165, 1.54) is 12.1 Å². The summed E-state index contributed by atoms with van der Waals surface area (Å²) < 4.78 is 23.4. The number of carbonyl (C=O) groups is 2. The lowest BCUT2D eigenvalue weighted by Crippen LogP contribution is -2.40. The van der Waals surface area contributed by atoms with Crippen molar-refractivity contribution < 1.29 is 28.6 Å². The number of rotatable bonds is 7. The molecule has 0 radical (unpaired) electrons. The van der Waals surface area contributed by atoms with Gasteiger partial charge in [0.25, 0.3) is 5.91 Å². The van der Waals surface area contributed by atoms with Crippen LogP contribution in [0.5, 0.6) is 5.75 Å². The van der Waals surface area contributed by atoms with E-state index >= 15 is 0 Å². The summed E-state index contributed by atoms with van der Waals surface area (Å²) in [5.41, 5.74) is 0. The number of nitrogens with one attached hydrogen (secondary N) is 1. The van der Waals surface area contributed by atoms with Crippen molar-refractivity contribution in [2.24, 2.45) is 11.8 Å². The van der Waals surface area contributed by atoms with Gasteiger partial charge in [0.2, 0.25) is 0 Å². The van der Waals surface area contributed by atoms with Crippen molar-refractivity contribution in [1.29, 1.82) is 0 Å². The molecule has 0 bridgehead atoms. The third-order valence-corrected chi connectivity index (χ3v) is 4.22. The molecule has 1 fully saturated rings. The van der Waals surface area contributed by atoms with Crippen molar-refractivity contribution in [2.75, 3.05) is 26.4 Å². The van der Waals surface area contributed by atoms with E-state index in [9.17, 15) is 19.1 Å². The van der Waals surface area contributed by atoms with Crippen molar-refractivity contribution in [1.82, 2.24) is 5.32 Å². The average molecular weight is 360 g/mol. The Morgan fingerprint density at radius 2 is 2.12 bits per heavy atom. The van der Waals surface area contributed by atoms with Crippen molar-refractivity contribution in [3.63, 3.8) is 0 Å². The predicted octanol–water partition coefficient (Wildman–Crippen LogP) is 2.10. The normalized spacial score (nSPS) is 16.4. The SMILES string of the molecule is O=C(COc1ccc(F)cc1Cl)NCC(C(=O)O)C1CCOCC1. The van der Waals surface area contributed by atoms with Gasteiger partial charge in [0.1, 0.15) is 11.6 Å². The molecule has 0 aromatic heterocycles. The molecule has 1 aromatic carbocycles. The van der Waals surface area contributed by atoms with Crippen molar-refractivity contribution in [2.45, 2.75) is 12.8 Å². The molecule has 24 heavy (non-hydrogen) atoms. The second kappa shape index (κ2) is 8.84. The summed E-state index contributed by atoms with van der Waals surface area (Å²) in [6, 6.07) is 3.58. The Morgan fingerprint density at radius 1 is 1.42 bits per heavy atom. The first-order valence-corrected chi connectivity index (χ1v) is 8.00. The van der Waals surface area contributed by atoms with Crippen LogP contribution in [-0.2, 0) is 14.3 Å². The number of amides is 1. The highest BCUT2D eigenvalue weighted by molar-refractivity contribution is 6.32. The minimum Gasteiger partial charge on any atom is -0.482 e. The van der Waals surface area contributed by atoms with Gasteiger partial charge in [-0.05, 0) is 37.0 Å². The second-order valence-electron chi connectivity index (χ2n) is 5.56. The van der Waals surface area contributed by atoms with Gasteiger partial charge in [0.15, 0.2) is 6.61 Å². The zero-order valence-corrected chi connectivity index (χ0v) is 13.7. The van der Waals surface area contributed by atoms with Gasteiger partial charge in [-0.3, -0.25) is 9.59 Å². The fourth-order valence-corrected chi connectivity index (χ4v) is 2.81. The van der Waals surface area contributed by atoms with E-state index in [1.54, 1.807) is 0 Å². The number of aliphatic carboxylic acids is 1. The molecule has 0 saturated carbocycles. The first kappa shape index (κ1) is 18.5. The molecule has 0 aliphatic carbocycles. The molecule has 6 nitrogen and oxygen atoms in total. The maximum atomic E-state index is 12.9. The molecular weight excluding hydrogens is 341 g/mol. The summed E-state index contributed by atoms with van der Waals surface area (Å²) >= 11 is 5.80. The first-order valence-electron chi connectivity index (χ1n) is 7.62. The summed E-state index contributed by atoms with van der Waals surface area (Å²) in [7, 11) is 0. The summed E-state index contributed by atoms with van der Waals surface area (Å²) in [6.07, 6.45) is 1.32. The van der Waals surface area contributed by atoms with Crippen molar-refractivity contribution in [3.05, 3.63) is 29.0 Å². The minimum absolute atomic E-state index is 0.0241. The summed E-state index contributed by atoms with van der Waals surface area (Å²) in [6.45, 7) is 0.772. The molecule has 1 unspecified atom stereocenters. The molecule has 8 heteroatoms. The highest BCUT2D eigenvalue weighted by atomic mass is 35.5. The van der Waals surface area contributed by atoms with Crippen LogP contribution in [-0.4, -0.2) is 43.3 Å². The van der Waals surface area contributed by atoms with E-state index in [4.69, 9.17) is 21.1 Å². The smallest absolute Gasteiger partial charge is 0.308 e. The summed E-state index contributed by atoms with van der Waals surface area (Å²) in [5.74, 6) is -2.40. The highest BCUT2D eigenvalue weighted by Gasteiger charge is 2.30. The molecule has 0 spiro atoms. The number of benzene rings is 1. The summed E-state index contributed by atoms with van der Waals surface area (Å²) in [4.78, 5) is 23.2. The van der Waals surface area contributed by atoms with Crippen LogP contribution in [0.1, 0.15) is 12.8 Å². The molecule has 1 amide bonds. The Hall–Kier alpha value is -1.86. The molecule has 2 rings (SSSR count). The van der Waals surface area contributed by atoms with Crippen LogP contribution in [0.2, 0.25) is 5.02 Å². The van der Waals surface area contributed by atoms with Gasteiger partial charge >= 0.3 is 5.97 Å². The topological polar surface area (TPSA) is 84.9 Å². The minimum atomic E-state index is -0.940. The molecule has 1 saturated heterocycles. The molecule has 1 aliphatic heterocycles. The van der Waals surface area contributed by atoms with Crippen LogP contribution >= 0.6 is 11.6 Å². The van der Waals surface area contributed by atoms with Gasteiger partial charge < -0.3 is 19.9 Å². The maximum absolute atomic E-state index is 12.9. The lowest BCUT2D eigenvalue weighted by Gasteiger charge is -2.27. The fourth-order valence-electron chi connectivity index (χ4n) is 2.58. The molecule has 132 valence electrons. The van der Waals surface area contributed by atoms with Gasteiger partial charge in [-0.25, -0.2) is 4.39 Å². The van der Waals surface area contributed by atoms with E-state index < -0.39 is 23.6 Å². The first-order chi connectivity index (χ1) is 11.5. The number of carboxylic acid groups (broad SMARTS) is 1. The lowest BCUT2D eigenvalue weighted by atomic mass is 9.86. The Kier molecular flexibility index (Phi) is 6.81. The average Bonchev–Trinajstić information content (AvgIpc) is 2.55. The molecule has 1 heterocycles. The molecular formula is C16H19ClFNO5. The monoisotopic (exact) mass is 359 g/mol. The number of hydrogen-bond acceptors (Lipinski definition) is 4. The van der Waals surface area contributed by atoms with Gasteiger partial charge in [0.05, 0.1) is 10.9 Å². The quantitative estimate of drug-likeness (QED) is 0.778. The third kappa shape index (κ3) is 5.35. The molecule has 2 N–H and O–H groups in total. The number of halogens is 2. The van der Waals surface area contributed by atoms with Gasteiger partial charge in [-0.1, -0.05) is 11.6 Å². The van der Waals surface area contributed by atoms with E-state index in [1.807, 2.05) is 0 Å². The zero-order chi connectivity index (χ0) is 17.5. The van der Waals surface area contributed by atoms with Crippen molar-refractivity contribution in [3.8, 4) is 5.75 Å². The van der Waals surface area contributed by atoms with E-state index in [-0.39, 0.29) is 29.8 Å². The number of ether oxygens (including phenoxy) is 2. The zero-order valence-electron chi connectivity index (χ0n) is 13.0. The fraction of sp³-hybridized carbons (Fsp3) is 0.500. The van der Waals surface area contributed by atoms with E-state index in [0.717, 1.165) is 6.07 Å². The Balaban J connectivity index is 1.81. The summed E-state index contributed by atoms with van der Waals surface area (Å²) in [5, 5.41) is 12.0. The third-order valence-electron chi connectivity index (χ3n) is 3.92. The number of hydrogen-bond donors (Lipinski definition) is 2. The Bertz CT molecular complexity index is 592. The van der Waals surface area contributed by atoms with Crippen LogP contribution in [0.25, 0.3) is 0 Å². The van der Waals surface area contributed by atoms with E-state index in [0.29, 0.717) is 26.1 Å². The predicted molar refractivity (Wildman–Crippen MR) is 84.6 cm³/mol. The van der Waals surface area contributed by atoms with Crippen LogP contribution in [0.4, 0.5) is 4.39 Å². The van der Waals surface area contributed by atoms with Crippen LogP contribution < -0.4 is 10.1 Å².